The molecule has 2 heterocycles. The summed E-state index contributed by atoms with van der Waals surface area (Å²) in [4.78, 5) is 15.1. The Balaban J connectivity index is 2.16. The average molecular weight is 281 g/mol. The number of aromatic amines is 1. The first kappa shape index (κ1) is 13.2. The van der Waals surface area contributed by atoms with Gasteiger partial charge in [-0.3, -0.25) is 0 Å². The van der Waals surface area contributed by atoms with Crippen LogP contribution in [0, 0.1) is 0 Å². The van der Waals surface area contributed by atoms with Crippen molar-refractivity contribution in [1.82, 2.24) is 4.98 Å². The van der Waals surface area contributed by atoms with Gasteiger partial charge in [0.25, 0.3) is 0 Å². The van der Waals surface area contributed by atoms with Crippen LogP contribution in [0.5, 0.6) is 0 Å². The summed E-state index contributed by atoms with van der Waals surface area (Å²) >= 11 is 0. The molecule has 0 bridgehead atoms. The number of ether oxygens (including phenoxy) is 1. The van der Waals surface area contributed by atoms with E-state index in [1.807, 2.05) is 36.5 Å². The molecule has 0 spiro atoms. The van der Waals surface area contributed by atoms with Crippen molar-refractivity contribution in [3.63, 3.8) is 0 Å². The quantitative estimate of drug-likeness (QED) is 0.587. The molecule has 21 heavy (non-hydrogen) atoms. The number of para-hydroxylation sites is 1. The lowest BCUT2D eigenvalue weighted by Crippen LogP contribution is -2.13. The second-order valence-corrected chi connectivity index (χ2v) is 4.75. The SMILES string of the molecule is C=C(C(=O)OC)[C@H](c1ccco1)c1c[nH]c2ccccc12. The normalized spacial score (nSPS) is 12.2. The zero-order valence-electron chi connectivity index (χ0n) is 11.6. The molecule has 2 aromatic heterocycles. The van der Waals surface area contributed by atoms with Crippen molar-refractivity contribution < 1.29 is 13.9 Å². The molecule has 3 aromatic rings. The zero-order valence-corrected chi connectivity index (χ0v) is 11.6. The first-order valence-corrected chi connectivity index (χ1v) is 6.59. The van der Waals surface area contributed by atoms with Gasteiger partial charge in [-0.1, -0.05) is 24.8 Å². The standard InChI is InChI=1S/C17H15NO3/c1-11(17(19)20-2)16(15-8-5-9-21-15)13-10-18-14-7-4-3-6-12(13)14/h3-10,16,18H,1H2,2H3/t16-/m0/s1. The topological polar surface area (TPSA) is 55.2 Å². The first-order chi connectivity index (χ1) is 10.2. The third-order valence-corrected chi connectivity index (χ3v) is 3.56. The van der Waals surface area contributed by atoms with E-state index in [0.717, 1.165) is 16.5 Å². The summed E-state index contributed by atoms with van der Waals surface area (Å²) in [5.74, 6) is -0.152. The number of H-pyrrole nitrogens is 1. The Kier molecular flexibility index (Phi) is 3.36. The number of fused-ring (bicyclic) bond motifs is 1. The van der Waals surface area contributed by atoms with Crippen LogP contribution in [0.15, 0.2) is 65.4 Å². The minimum absolute atomic E-state index is 0.345. The lowest BCUT2D eigenvalue weighted by molar-refractivity contribution is -0.136. The van der Waals surface area contributed by atoms with Gasteiger partial charge in [-0.15, -0.1) is 0 Å². The van der Waals surface area contributed by atoms with E-state index < -0.39 is 5.97 Å². The summed E-state index contributed by atoms with van der Waals surface area (Å²) in [6, 6.07) is 11.5. The molecule has 0 saturated heterocycles. The fourth-order valence-corrected chi connectivity index (χ4v) is 2.55. The average Bonchev–Trinajstić information content (AvgIpc) is 3.17. The van der Waals surface area contributed by atoms with Crippen molar-refractivity contribution in [3.8, 4) is 0 Å². The molecule has 0 aliphatic heterocycles. The van der Waals surface area contributed by atoms with Crippen LogP contribution in [0.25, 0.3) is 10.9 Å². The number of aromatic nitrogens is 1. The van der Waals surface area contributed by atoms with Crippen LogP contribution in [-0.4, -0.2) is 18.1 Å². The van der Waals surface area contributed by atoms with E-state index in [1.165, 1.54) is 7.11 Å². The van der Waals surface area contributed by atoms with Crippen molar-refractivity contribution in [3.05, 3.63) is 72.3 Å². The van der Waals surface area contributed by atoms with E-state index in [0.29, 0.717) is 11.3 Å². The molecular weight excluding hydrogens is 266 g/mol. The van der Waals surface area contributed by atoms with Crippen LogP contribution >= 0.6 is 0 Å². The lowest BCUT2D eigenvalue weighted by atomic mass is 9.89. The maximum atomic E-state index is 11.9. The molecule has 0 fully saturated rings. The molecular formula is C17H15NO3. The molecule has 1 atom stereocenters. The van der Waals surface area contributed by atoms with E-state index in [-0.39, 0.29) is 5.92 Å². The van der Waals surface area contributed by atoms with Crippen LogP contribution in [0.2, 0.25) is 0 Å². The third kappa shape index (κ3) is 2.25. The number of esters is 1. The van der Waals surface area contributed by atoms with Crippen LogP contribution in [0.3, 0.4) is 0 Å². The fourth-order valence-electron chi connectivity index (χ4n) is 2.55. The second kappa shape index (κ2) is 5.32. The number of nitrogens with one attached hydrogen (secondary N) is 1. The second-order valence-electron chi connectivity index (χ2n) is 4.75. The molecule has 0 radical (unpaired) electrons. The van der Waals surface area contributed by atoms with E-state index in [1.54, 1.807) is 12.3 Å². The minimum atomic E-state index is -0.443. The van der Waals surface area contributed by atoms with Gasteiger partial charge in [-0.05, 0) is 23.8 Å². The number of hydrogen-bond donors (Lipinski definition) is 1. The summed E-state index contributed by atoms with van der Waals surface area (Å²) in [6.45, 7) is 3.90. The van der Waals surface area contributed by atoms with Crippen LogP contribution < -0.4 is 0 Å². The van der Waals surface area contributed by atoms with Gasteiger partial charge < -0.3 is 14.1 Å². The summed E-state index contributed by atoms with van der Waals surface area (Å²) < 4.78 is 10.3. The molecule has 0 amide bonds. The van der Waals surface area contributed by atoms with E-state index in [2.05, 4.69) is 11.6 Å². The monoisotopic (exact) mass is 281 g/mol. The van der Waals surface area contributed by atoms with Crippen LogP contribution in [0.1, 0.15) is 17.2 Å². The van der Waals surface area contributed by atoms with Gasteiger partial charge in [-0.2, -0.15) is 0 Å². The molecule has 4 nitrogen and oxygen atoms in total. The lowest BCUT2D eigenvalue weighted by Gasteiger charge is -2.15. The molecule has 3 rings (SSSR count). The number of hydrogen-bond acceptors (Lipinski definition) is 3. The van der Waals surface area contributed by atoms with Gasteiger partial charge in [0, 0.05) is 22.7 Å². The Morgan fingerprint density at radius 2 is 2.10 bits per heavy atom. The molecule has 106 valence electrons. The number of benzene rings is 1. The molecule has 4 heteroatoms. The molecule has 0 aliphatic carbocycles. The van der Waals surface area contributed by atoms with Gasteiger partial charge in [0.2, 0.25) is 0 Å². The van der Waals surface area contributed by atoms with E-state index in [4.69, 9.17) is 9.15 Å². The maximum absolute atomic E-state index is 11.9. The van der Waals surface area contributed by atoms with Gasteiger partial charge >= 0.3 is 5.97 Å². The predicted octanol–water partition coefficient (Wildman–Crippen LogP) is 3.62. The van der Waals surface area contributed by atoms with Crippen molar-refractivity contribution in [2.24, 2.45) is 0 Å². The number of methoxy groups -OCH3 is 1. The Morgan fingerprint density at radius 3 is 2.81 bits per heavy atom. The number of rotatable bonds is 4. The van der Waals surface area contributed by atoms with Crippen molar-refractivity contribution in [2.75, 3.05) is 7.11 Å². The predicted molar refractivity (Wildman–Crippen MR) is 80.0 cm³/mol. The highest BCUT2D eigenvalue weighted by Gasteiger charge is 2.27. The smallest absolute Gasteiger partial charge is 0.334 e. The van der Waals surface area contributed by atoms with Gasteiger partial charge in [-0.25, -0.2) is 4.79 Å². The largest absolute Gasteiger partial charge is 0.468 e. The van der Waals surface area contributed by atoms with Crippen molar-refractivity contribution >= 4 is 16.9 Å². The summed E-state index contributed by atoms with van der Waals surface area (Å²) in [7, 11) is 1.35. The van der Waals surface area contributed by atoms with Gasteiger partial charge in [0.15, 0.2) is 0 Å². The number of furan rings is 1. The highest BCUT2D eigenvalue weighted by molar-refractivity contribution is 5.93. The molecule has 0 aliphatic rings. The Labute approximate surface area is 122 Å². The highest BCUT2D eigenvalue weighted by atomic mass is 16.5. The minimum Gasteiger partial charge on any atom is -0.468 e. The molecule has 0 unspecified atom stereocenters. The summed E-state index contributed by atoms with van der Waals surface area (Å²) in [6.07, 6.45) is 3.47. The van der Waals surface area contributed by atoms with Gasteiger partial charge in [0.05, 0.1) is 19.3 Å². The van der Waals surface area contributed by atoms with Crippen molar-refractivity contribution in [1.29, 1.82) is 0 Å². The van der Waals surface area contributed by atoms with E-state index in [9.17, 15) is 4.79 Å². The Morgan fingerprint density at radius 1 is 1.29 bits per heavy atom. The molecule has 1 aromatic carbocycles. The molecule has 0 saturated carbocycles. The summed E-state index contributed by atoms with van der Waals surface area (Å²) in [5.41, 5.74) is 2.29. The number of carbonyl (C=O) groups excluding carboxylic acids is 1. The maximum Gasteiger partial charge on any atom is 0.334 e. The van der Waals surface area contributed by atoms with Gasteiger partial charge in [0.1, 0.15) is 5.76 Å². The Hall–Kier alpha value is -2.75. The van der Waals surface area contributed by atoms with E-state index >= 15 is 0 Å². The number of carbonyl (C=O) groups is 1. The van der Waals surface area contributed by atoms with Crippen LogP contribution in [0.4, 0.5) is 0 Å². The Bertz CT molecular complexity index is 783. The first-order valence-electron chi connectivity index (χ1n) is 6.59. The molecule has 1 N–H and O–H groups in total. The fraction of sp³-hybridized carbons (Fsp3) is 0.118. The van der Waals surface area contributed by atoms with Crippen molar-refractivity contribution in [2.45, 2.75) is 5.92 Å². The third-order valence-electron chi connectivity index (χ3n) is 3.56. The summed E-state index contributed by atoms with van der Waals surface area (Å²) in [5, 5.41) is 1.03. The zero-order chi connectivity index (χ0) is 14.8. The highest BCUT2D eigenvalue weighted by Crippen LogP contribution is 2.36. The van der Waals surface area contributed by atoms with Crippen LogP contribution in [-0.2, 0) is 9.53 Å².